The van der Waals surface area contributed by atoms with Gasteiger partial charge in [-0.15, -0.1) is 0 Å². The molecule has 0 N–H and O–H groups in total. The van der Waals surface area contributed by atoms with Gasteiger partial charge in [0.05, 0.1) is 0 Å². The van der Waals surface area contributed by atoms with Crippen LogP contribution < -0.4 is 0 Å². The van der Waals surface area contributed by atoms with Crippen LogP contribution in [0.2, 0.25) is 0 Å². The number of hydrogen-bond acceptors (Lipinski definition) is 1. The molecule has 0 aromatic carbocycles. The summed E-state index contributed by atoms with van der Waals surface area (Å²) in [5.74, 6) is 1.00. The highest BCUT2D eigenvalue weighted by atomic mass is 15.2. The number of likely N-dealkylation sites (tertiary alicyclic amines) is 1. The molecule has 9 heavy (non-hydrogen) atoms. The summed E-state index contributed by atoms with van der Waals surface area (Å²) in [5, 5.41) is 0. The van der Waals surface area contributed by atoms with E-state index in [1.165, 1.54) is 32.2 Å². The fourth-order valence-corrected chi connectivity index (χ4v) is 2.24. The van der Waals surface area contributed by atoms with Crippen molar-refractivity contribution in [3.8, 4) is 0 Å². The second kappa shape index (κ2) is 1.98. The Morgan fingerprint density at radius 2 is 2.22 bits per heavy atom. The Bertz CT molecular complexity index is 109. The van der Waals surface area contributed by atoms with Crippen LogP contribution in [-0.2, 0) is 0 Å². The van der Waals surface area contributed by atoms with Crippen LogP contribution in [0.25, 0.3) is 0 Å². The molecule has 2 aliphatic rings. The summed E-state index contributed by atoms with van der Waals surface area (Å²) in [5.41, 5.74) is 0. The first kappa shape index (κ1) is 5.72. The predicted octanol–water partition coefficient (Wildman–Crippen LogP) is 1.65. The van der Waals surface area contributed by atoms with Gasteiger partial charge in [0.15, 0.2) is 0 Å². The maximum atomic E-state index is 4.01. The van der Waals surface area contributed by atoms with Gasteiger partial charge in [0, 0.05) is 0 Å². The van der Waals surface area contributed by atoms with E-state index in [2.05, 4.69) is 11.9 Å². The van der Waals surface area contributed by atoms with Gasteiger partial charge in [-0.1, -0.05) is 6.42 Å². The van der Waals surface area contributed by atoms with E-state index in [1.54, 1.807) is 0 Å². The first-order chi connectivity index (χ1) is 4.36. The average molecular weight is 124 g/mol. The number of fused-ring (bicyclic) bond motifs is 2. The van der Waals surface area contributed by atoms with Gasteiger partial charge in [0.25, 0.3) is 0 Å². The van der Waals surface area contributed by atoms with E-state index in [9.17, 15) is 0 Å². The average Bonchev–Trinajstić information content (AvgIpc) is 2.09. The summed E-state index contributed by atoms with van der Waals surface area (Å²) in [6.45, 7) is 1.27. The van der Waals surface area contributed by atoms with Crippen LogP contribution in [-0.4, -0.2) is 17.5 Å². The molecule has 1 aliphatic carbocycles. The largest absolute Gasteiger partial charge is 0.456 e. The van der Waals surface area contributed by atoms with Crippen molar-refractivity contribution in [3.05, 3.63) is 7.05 Å². The number of nitrogens with zero attached hydrogens (tertiary/aromatic N) is 1. The summed E-state index contributed by atoms with van der Waals surface area (Å²) >= 11 is 0. The Morgan fingerprint density at radius 1 is 1.33 bits per heavy atom. The van der Waals surface area contributed by atoms with Crippen LogP contribution in [0.15, 0.2) is 0 Å². The molecule has 1 heterocycles. The molecule has 1 aliphatic heterocycles. The number of rotatable bonds is 0. The molecule has 2 rings (SSSR count). The summed E-state index contributed by atoms with van der Waals surface area (Å²) < 4.78 is 0. The van der Waals surface area contributed by atoms with Gasteiger partial charge in [0.2, 0.25) is 0 Å². The third-order valence-electron chi connectivity index (χ3n) is 2.76. The van der Waals surface area contributed by atoms with Crippen molar-refractivity contribution in [3.63, 3.8) is 0 Å². The van der Waals surface area contributed by atoms with Crippen LogP contribution in [0.1, 0.15) is 25.7 Å². The van der Waals surface area contributed by atoms with Gasteiger partial charge in [-0.2, -0.15) is 0 Å². The molecule has 0 spiro atoms. The highest BCUT2D eigenvalue weighted by Gasteiger charge is 2.28. The zero-order valence-corrected chi connectivity index (χ0v) is 5.84. The minimum Gasteiger partial charge on any atom is -0.456 e. The Hall–Kier alpha value is -0.0400. The summed E-state index contributed by atoms with van der Waals surface area (Å²) in [4.78, 5) is 2.29. The second-order valence-corrected chi connectivity index (χ2v) is 3.46. The molecule has 0 radical (unpaired) electrons. The minimum absolute atomic E-state index is 0.851. The third-order valence-corrected chi connectivity index (χ3v) is 2.76. The SMILES string of the molecule is [CH2-]N1C[C@@H]2CCC[C@@H]1C2. The van der Waals surface area contributed by atoms with E-state index in [4.69, 9.17) is 0 Å². The molecular formula is C8H14N-. The van der Waals surface area contributed by atoms with Crippen LogP contribution in [0.3, 0.4) is 0 Å². The Labute approximate surface area is 57.0 Å². The smallest absolute Gasteiger partial charge is 0.0182 e. The summed E-state index contributed by atoms with van der Waals surface area (Å²) in [6, 6.07) is 0.851. The lowest BCUT2D eigenvalue weighted by molar-refractivity contribution is 0.322. The molecule has 0 aromatic heterocycles. The molecule has 1 saturated carbocycles. The lowest BCUT2D eigenvalue weighted by atomic mass is 9.91. The van der Waals surface area contributed by atoms with Crippen molar-refractivity contribution < 1.29 is 0 Å². The van der Waals surface area contributed by atoms with Crippen LogP contribution in [0, 0.1) is 13.0 Å². The van der Waals surface area contributed by atoms with Crippen molar-refractivity contribution in [1.82, 2.24) is 4.90 Å². The molecule has 0 unspecified atom stereocenters. The van der Waals surface area contributed by atoms with Crippen LogP contribution >= 0.6 is 0 Å². The molecular weight excluding hydrogens is 110 g/mol. The Kier molecular flexibility index (Phi) is 1.26. The molecule has 52 valence electrons. The van der Waals surface area contributed by atoms with E-state index >= 15 is 0 Å². The van der Waals surface area contributed by atoms with Crippen molar-refractivity contribution in [2.24, 2.45) is 5.92 Å². The van der Waals surface area contributed by atoms with Crippen molar-refractivity contribution >= 4 is 0 Å². The lowest BCUT2D eigenvalue weighted by Gasteiger charge is -2.26. The van der Waals surface area contributed by atoms with E-state index in [-0.39, 0.29) is 0 Å². The third kappa shape index (κ3) is 0.877. The van der Waals surface area contributed by atoms with Gasteiger partial charge in [-0.05, 0) is 37.8 Å². The maximum absolute atomic E-state index is 4.01. The Morgan fingerprint density at radius 3 is 2.89 bits per heavy atom. The second-order valence-electron chi connectivity index (χ2n) is 3.46. The first-order valence-corrected chi connectivity index (χ1v) is 3.93. The van der Waals surface area contributed by atoms with E-state index in [1.807, 2.05) is 0 Å². The molecule has 2 atom stereocenters. The zero-order chi connectivity index (χ0) is 6.27. The Balaban J connectivity index is 2.07. The maximum Gasteiger partial charge on any atom is -0.0182 e. The van der Waals surface area contributed by atoms with Gasteiger partial charge in [0.1, 0.15) is 0 Å². The summed E-state index contributed by atoms with van der Waals surface area (Å²) in [6.07, 6.45) is 5.74. The van der Waals surface area contributed by atoms with Crippen LogP contribution in [0.5, 0.6) is 0 Å². The first-order valence-electron chi connectivity index (χ1n) is 3.93. The van der Waals surface area contributed by atoms with Gasteiger partial charge >= 0.3 is 0 Å². The molecule has 1 nitrogen and oxygen atoms in total. The van der Waals surface area contributed by atoms with E-state index < -0.39 is 0 Å². The molecule has 1 saturated heterocycles. The predicted molar refractivity (Wildman–Crippen MR) is 37.8 cm³/mol. The molecule has 2 bridgehead atoms. The monoisotopic (exact) mass is 124 g/mol. The zero-order valence-electron chi connectivity index (χ0n) is 5.84. The van der Waals surface area contributed by atoms with Crippen molar-refractivity contribution in [1.29, 1.82) is 0 Å². The standard InChI is InChI=1S/C8H14N/c1-9-6-7-3-2-4-8(9)5-7/h7-8H,1-6H2/q-1/t7-,8-/m1/s1. The quantitative estimate of drug-likeness (QED) is 0.444. The molecule has 0 amide bonds. The van der Waals surface area contributed by atoms with Gasteiger partial charge in [-0.3, -0.25) is 7.05 Å². The highest BCUT2D eigenvalue weighted by molar-refractivity contribution is 4.88. The molecule has 2 fully saturated rings. The van der Waals surface area contributed by atoms with Crippen molar-refractivity contribution in [2.45, 2.75) is 31.7 Å². The highest BCUT2D eigenvalue weighted by Crippen LogP contribution is 2.34. The lowest BCUT2D eigenvalue weighted by Crippen LogP contribution is -2.21. The number of hydrogen-bond donors (Lipinski definition) is 0. The molecule has 1 heteroatoms. The minimum atomic E-state index is 0.851. The van der Waals surface area contributed by atoms with E-state index in [0.29, 0.717) is 0 Å². The fourth-order valence-electron chi connectivity index (χ4n) is 2.24. The summed E-state index contributed by atoms with van der Waals surface area (Å²) in [7, 11) is 4.01. The topological polar surface area (TPSA) is 3.24 Å². The molecule has 0 aromatic rings. The van der Waals surface area contributed by atoms with Crippen LogP contribution in [0.4, 0.5) is 0 Å². The van der Waals surface area contributed by atoms with Crippen molar-refractivity contribution in [2.75, 3.05) is 6.54 Å². The van der Waals surface area contributed by atoms with E-state index in [0.717, 1.165) is 12.0 Å². The normalized spacial score (nSPS) is 43.7. The van der Waals surface area contributed by atoms with Gasteiger partial charge in [-0.25, -0.2) is 0 Å². The van der Waals surface area contributed by atoms with Gasteiger partial charge < -0.3 is 4.90 Å². The fraction of sp³-hybridized carbons (Fsp3) is 0.875.